The van der Waals surface area contributed by atoms with Gasteiger partial charge in [-0.15, -0.1) is 0 Å². The van der Waals surface area contributed by atoms with Crippen molar-refractivity contribution in [3.63, 3.8) is 0 Å². The van der Waals surface area contributed by atoms with Crippen molar-refractivity contribution in [1.29, 1.82) is 0 Å². The van der Waals surface area contributed by atoms with Crippen LogP contribution in [0.3, 0.4) is 0 Å². The van der Waals surface area contributed by atoms with Gasteiger partial charge in [0.1, 0.15) is 5.75 Å². The van der Waals surface area contributed by atoms with Crippen LogP contribution in [0.5, 0.6) is 5.75 Å². The van der Waals surface area contributed by atoms with Gasteiger partial charge < -0.3 is 4.74 Å². The molecular weight excluding hydrogens is 190 g/mol. The molecule has 3 heteroatoms. The Hall–Kier alpha value is -1.32. The van der Waals surface area contributed by atoms with E-state index < -0.39 is 0 Å². The molecule has 15 heavy (non-hydrogen) atoms. The second kappa shape index (κ2) is 6.22. The number of aryl methyl sites for hydroxylation is 1. The van der Waals surface area contributed by atoms with Crippen LogP contribution in [-0.2, 0) is 4.84 Å². The summed E-state index contributed by atoms with van der Waals surface area (Å²) in [6, 6.07) is 6.06. The minimum absolute atomic E-state index is 0.557. The molecule has 0 aromatic heterocycles. The van der Waals surface area contributed by atoms with Crippen LogP contribution in [0.4, 0.5) is 0 Å². The molecule has 0 amide bonds. The van der Waals surface area contributed by atoms with Gasteiger partial charge in [-0.25, -0.2) is 5.48 Å². The van der Waals surface area contributed by atoms with Crippen LogP contribution >= 0.6 is 0 Å². The van der Waals surface area contributed by atoms with Crippen molar-refractivity contribution < 1.29 is 9.57 Å². The molecule has 0 fully saturated rings. The molecule has 1 aromatic rings. The monoisotopic (exact) mass is 207 g/mol. The molecule has 1 rings (SSSR count). The fraction of sp³-hybridized carbons (Fsp3) is 0.333. The summed E-state index contributed by atoms with van der Waals surface area (Å²) in [7, 11) is 3.42. The number of hydrogen-bond donors (Lipinski definition) is 1. The Bertz CT molecular complexity index is 334. The maximum atomic E-state index is 5.18. The van der Waals surface area contributed by atoms with Crippen LogP contribution in [-0.4, -0.2) is 20.8 Å². The van der Waals surface area contributed by atoms with E-state index in [4.69, 9.17) is 9.57 Å². The molecular formula is C12H17NO2. The lowest BCUT2D eigenvalue weighted by molar-refractivity contribution is 0.0814. The summed E-state index contributed by atoms with van der Waals surface area (Å²) >= 11 is 0. The van der Waals surface area contributed by atoms with Crippen LogP contribution in [0, 0.1) is 6.92 Å². The number of hydrogen-bond acceptors (Lipinski definition) is 3. The number of ether oxygens (including phenoxy) is 1. The number of hydroxylamine groups is 1. The number of nitrogens with one attached hydrogen (secondary N) is 1. The highest BCUT2D eigenvalue weighted by molar-refractivity contribution is 5.53. The van der Waals surface area contributed by atoms with Crippen molar-refractivity contribution in [3.05, 3.63) is 35.4 Å². The van der Waals surface area contributed by atoms with Gasteiger partial charge >= 0.3 is 0 Å². The number of benzene rings is 1. The Morgan fingerprint density at radius 2 is 2.20 bits per heavy atom. The Balaban J connectivity index is 2.63. The topological polar surface area (TPSA) is 30.5 Å². The third-order valence-corrected chi connectivity index (χ3v) is 2.05. The van der Waals surface area contributed by atoms with Gasteiger partial charge in [0.15, 0.2) is 0 Å². The normalized spacial score (nSPS) is 10.9. The predicted octanol–water partition coefficient (Wildman–Crippen LogP) is 2.17. The summed E-state index contributed by atoms with van der Waals surface area (Å²) in [5.41, 5.74) is 4.89. The molecule has 0 atom stereocenters. The van der Waals surface area contributed by atoms with Crippen LogP contribution < -0.4 is 10.2 Å². The molecule has 0 aliphatic rings. The van der Waals surface area contributed by atoms with E-state index in [1.54, 1.807) is 14.2 Å². The molecule has 1 aromatic carbocycles. The van der Waals surface area contributed by atoms with E-state index in [0.29, 0.717) is 6.61 Å². The third-order valence-electron chi connectivity index (χ3n) is 2.05. The van der Waals surface area contributed by atoms with E-state index in [0.717, 1.165) is 16.9 Å². The molecule has 1 N–H and O–H groups in total. The van der Waals surface area contributed by atoms with Gasteiger partial charge in [-0.05, 0) is 30.2 Å². The van der Waals surface area contributed by atoms with Gasteiger partial charge in [0.05, 0.1) is 13.7 Å². The predicted molar refractivity (Wildman–Crippen MR) is 61.8 cm³/mol. The highest BCUT2D eigenvalue weighted by atomic mass is 16.6. The fourth-order valence-corrected chi connectivity index (χ4v) is 1.32. The smallest absolute Gasteiger partial charge is 0.121 e. The van der Waals surface area contributed by atoms with Gasteiger partial charge in [-0.3, -0.25) is 4.84 Å². The van der Waals surface area contributed by atoms with Crippen molar-refractivity contribution in [3.8, 4) is 5.75 Å². The quantitative estimate of drug-likeness (QED) is 0.593. The van der Waals surface area contributed by atoms with Crippen LogP contribution in [0.1, 0.15) is 11.1 Å². The Morgan fingerprint density at radius 3 is 2.80 bits per heavy atom. The average Bonchev–Trinajstić information content (AvgIpc) is 2.25. The minimum atomic E-state index is 0.557. The summed E-state index contributed by atoms with van der Waals surface area (Å²) in [5, 5.41) is 0. The molecule has 0 saturated heterocycles. The van der Waals surface area contributed by atoms with Gasteiger partial charge in [0, 0.05) is 7.05 Å². The molecule has 0 spiro atoms. The van der Waals surface area contributed by atoms with Crippen LogP contribution in [0.25, 0.3) is 6.08 Å². The zero-order valence-electron chi connectivity index (χ0n) is 9.41. The molecule has 0 aliphatic heterocycles. The largest absolute Gasteiger partial charge is 0.496 e. The first kappa shape index (κ1) is 11.8. The average molecular weight is 207 g/mol. The second-order valence-electron chi connectivity index (χ2n) is 3.15. The molecule has 0 aliphatic carbocycles. The Kier molecular flexibility index (Phi) is 4.87. The zero-order valence-corrected chi connectivity index (χ0v) is 9.41. The van der Waals surface area contributed by atoms with E-state index in [9.17, 15) is 0 Å². The Morgan fingerprint density at radius 1 is 1.40 bits per heavy atom. The molecule has 82 valence electrons. The van der Waals surface area contributed by atoms with Crippen LogP contribution in [0.15, 0.2) is 24.3 Å². The van der Waals surface area contributed by atoms with Crippen LogP contribution in [0.2, 0.25) is 0 Å². The van der Waals surface area contributed by atoms with Crippen molar-refractivity contribution >= 4 is 6.08 Å². The summed E-state index contributed by atoms with van der Waals surface area (Å²) in [6.45, 7) is 2.59. The first-order valence-corrected chi connectivity index (χ1v) is 4.87. The van der Waals surface area contributed by atoms with Crippen molar-refractivity contribution in [1.82, 2.24) is 5.48 Å². The van der Waals surface area contributed by atoms with E-state index in [2.05, 4.69) is 11.5 Å². The highest BCUT2D eigenvalue weighted by Gasteiger charge is 1.96. The van der Waals surface area contributed by atoms with E-state index in [1.165, 1.54) is 0 Å². The molecule has 3 nitrogen and oxygen atoms in total. The number of rotatable bonds is 5. The van der Waals surface area contributed by atoms with Gasteiger partial charge in [-0.2, -0.15) is 0 Å². The summed E-state index contributed by atoms with van der Waals surface area (Å²) in [6.07, 6.45) is 3.97. The maximum absolute atomic E-state index is 5.18. The first-order chi connectivity index (χ1) is 7.27. The fourth-order valence-electron chi connectivity index (χ4n) is 1.32. The van der Waals surface area contributed by atoms with Crippen molar-refractivity contribution in [2.45, 2.75) is 6.92 Å². The highest BCUT2D eigenvalue weighted by Crippen LogP contribution is 2.18. The van der Waals surface area contributed by atoms with Gasteiger partial charge in [-0.1, -0.05) is 18.2 Å². The molecule has 0 heterocycles. The van der Waals surface area contributed by atoms with E-state index in [1.807, 2.05) is 31.2 Å². The third kappa shape index (κ3) is 3.73. The molecule has 0 bridgehead atoms. The minimum Gasteiger partial charge on any atom is -0.496 e. The summed E-state index contributed by atoms with van der Waals surface area (Å²) < 4.78 is 5.18. The number of methoxy groups -OCH3 is 1. The van der Waals surface area contributed by atoms with Gasteiger partial charge in [0.2, 0.25) is 0 Å². The summed E-state index contributed by atoms with van der Waals surface area (Å²) in [4.78, 5) is 4.97. The van der Waals surface area contributed by atoms with Crippen molar-refractivity contribution in [2.24, 2.45) is 0 Å². The molecule has 0 saturated carbocycles. The SMILES string of the molecule is CNOC/C=C/c1ccc(OC)c(C)c1. The standard InChI is InChI=1S/C12H17NO2/c1-10-9-11(5-4-8-15-13-2)6-7-12(10)14-3/h4-7,9,13H,8H2,1-3H3/b5-4+. The van der Waals surface area contributed by atoms with E-state index >= 15 is 0 Å². The zero-order chi connectivity index (χ0) is 11.1. The molecule has 0 radical (unpaired) electrons. The second-order valence-corrected chi connectivity index (χ2v) is 3.15. The lowest BCUT2D eigenvalue weighted by Crippen LogP contribution is -2.06. The van der Waals surface area contributed by atoms with Gasteiger partial charge in [0.25, 0.3) is 0 Å². The van der Waals surface area contributed by atoms with E-state index in [-0.39, 0.29) is 0 Å². The lowest BCUT2D eigenvalue weighted by atomic mass is 10.1. The summed E-state index contributed by atoms with van der Waals surface area (Å²) in [5.74, 6) is 0.915. The maximum Gasteiger partial charge on any atom is 0.121 e. The molecule has 0 unspecified atom stereocenters. The lowest BCUT2D eigenvalue weighted by Gasteiger charge is -2.04. The first-order valence-electron chi connectivity index (χ1n) is 4.87. The Labute approximate surface area is 90.7 Å². The van der Waals surface area contributed by atoms with Crippen molar-refractivity contribution in [2.75, 3.05) is 20.8 Å².